The number of hydrogen-bond acceptors (Lipinski definition) is 8. The molecule has 0 bridgehead atoms. The molecule has 0 spiro atoms. The van der Waals surface area contributed by atoms with Crippen molar-refractivity contribution in [3.05, 3.63) is 46.2 Å². The van der Waals surface area contributed by atoms with Gasteiger partial charge in [-0.05, 0) is 51.2 Å². The van der Waals surface area contributed by atoms with Gasteiger partial charge in [0.15, 0.2) is 9.84 Å². The number of sulfone groups is 1. The maximum absolute atomic E-state index is 13.4. The van der Waals surface area contributed by atoms with E-state index in [0.717, 1.165) is 30.4 Å². The molecule has 182 valence electrons. The summed E-state index contributed by atoms with van der Waals surface area (Å²) in [5.41, 5.74) is -0.371. The lowest BCUT2D eigenvalue weighted by atomic mass is 9.92. The molecule has 4 rings (SSSR count). The lowest BCUT2D eigenvalue weighted by molar-refractivity contribution is -0.120. The number of nitrogens with zero attached hydrogens (tertiary/aromatic N) is 3. The second kappa shape index (κ2) is 9.88. The molecular weight excluding hydrogens is 483 g/mol. The molecule has 1 fully saturated rings. The van der Waals surface area contributed by atoms with Gasteiger partial charge in [-0.15, -0.1) is 11.3 Å². The zero-order valence-corrected chi connectivity index (χ0v) is 20.4. The monoisotopic (exact) mass is 508 g/mol. The Morgan fingerprint density at radius 1 is 1.29 bits per heavy atom. The first kappa shape index (κ1) is 24.4. The Balaban J connectivity index is 1.73. The zero-order valence-electron chi connectivity index (χ0n) is 18.7. The lowest BCUT2D eigenvalue weighted by Crippen LogP contribution is -2.35. The van der Waals surface area contributed by atoms with E-state index in [0.29, 0.717) is 19.6 Å². The molecule has 1 N–H and O–H groups in total. The minimum Gasteiger partial charge on any atom is -0.381 e. The molecule has 0 saturated carbocycles. The van der Waals surface area contributed by atoms with Crippen molar-refractivity contribution < 1.29 is 22.3 Å². The van der Waals surface area contributed by atoms with Crippen LogP contribution in [0.4, 0.5) is 10.2 Å². The third-order valence-corrected chi connectivity index (χ3v) is 9.19. The second-order valence-electron chi connectivity index (χ2n) is 8.49. The van der Waals surface area contributed by atoms with Crippen LogP contribution >= 0.6 is 11.3 Å². The average Bonchev–Trinajstić information content (AvgIpc) is 3.26. The van der Waals surface area contributed by atoms with Gasteiger partial charge in [0.1, 0.15) is 32.8 Å². The van der Waals surface area contributed by atoms with Crippen molar-refractivity contribution in [2.75, 3.05) is 18.5 Å². The highest BCUT2D eigenvalue weighted by Crippen LogP contribution is 2.30. The summed E-state index contributed by atoms with van der Waals surface area (Å²) in [7, 11) is -3.63. The molecular formula is C22H25FN4O5S2. The highest BCUT2D eigenvalue weighted by molar-refractivity contribution is 7.92. The molecule has 0 radical (unpaired) electrons. The standard InChI is InChI=1S/C22H25FN4O5S2/c1-13(2)34(30,31)17-11-33-20-19(17)25-12-27(22(20)29)16(9-14-5-7-32-8-6-14)21(28)26-18-4-3-15(23)10-24-18/h3-4,10-14,16H,5-9H2,1-2H3,(H,24,26,28). The first-order valence-electron chi connectivity index (χ1n) is 10.9. The number of carbonyl (C=O) groups is 1. The second-order valence-corrected chi connectivity index (χ2v) is 11.8. The molecule has 9 nitrogen and oxygen atoms in total. The first-order valence-corrected chi connectivity index (χ1v) is 13.3. The summed E-state index contributed by atoms with van der Waals surface area (Å²) in [6, 6.07) is 1.61. The van der Waals surface area contributed by atoms with Crippen molar-refractivity contribution in [1.29, 1.82) is 0 Å². The number of pyridine rings is 1. The fourth-order valence-electron chi connectivity index (χ4n) is 3.88. The summed E-state index contributed by atoms with van der Waals surface area (Å²) in [5.74, 6) is -0.715. The fraction of sp³-hybridized carbons (Fsp3) is 0.455. The minimum absolute atomic E-state index is 0.0210. The number of nitrogens with one attached hydrogen (secondary N) is 1. The van der Waals surface area contributed by atoms with Crippen LogP contribution in [0.5, 0.6) is 0 Å². The van der Waals surface area contributed by atoms with Crippen LogP contribution < -0.4 is 10.9 Å². The van der Waals surface area contributed by atoms with Crippen molar-refractivity contribution in [3.8, 4) is 0 Å². The maximum Gasteiger partial charge on any atom is 0.272 e. The van der Waals surface area contributed by atoms with Crippen LogP contribution in [0.15, 0.2) is 39.7 Å². The number of rotatable bonds is 7. The van der Waals surface area contributed by atoms with Crippen LogP contribution in [0.25, 0.3) is 10.2 Å². The lowest BCUT2D eigenvalue weighted by Gasteiger charge is -2.27. The molecule has 12 heteroatoms. The minimum atomic E-state index is -3.63. The van der Waals surface area contributed by atoms with E-state index >= 15 is 0 Å². The van der Waals surface area contributed by atoms with E-state index in [4.69, 9.17) is 4.74 Å². The summed E-state index contributed by atoms with van der Waals surface area (Å²) in [6.45, 7) is 4.29. The predicted molar refractivity (Wildman–Crippen MR) is 126 cm³/mol. The first-order chi connectivity index (χ1) is 16.2. The summed E-state index contributed by atoms with van der Waals surface area (Å²) in [4.78, 5) is 34.8. The molecule has 1 saturated heterocycles. The van der Waals surface area contributed by atoms with Gasteiger partial charge in [0.2, 0.25) is 5.91 Å². The summed E-state index contributed by atoms with van der Waals surface area (Å²) in [6.07, 6.45) is 4.09. The number of thiophene rings is 1. The van der Waals surface area contributed by atoms with E-state index in [9.17, 15) is 22.4 Å². The highest BCUT2D eigenvalue weighted by atomic mass is 32.2. The SMILES string of the molecule is CC(C)S(=O)(=O)c1csc2c(=O)n(C(CC3CCOCC3)C(=O)Nc3ccc(F)cn3)cnc12. The zero-order chi connectivity index (χ0) is 24.5. The van der Waals surface area contributed by atoms with Crippen molar-refractivity contribution in [3.63, 3.8) is 0 Å². The Hall–Kier alpha value is -2.70. The Kier molecular flexibility index (Phi) is 7.10. The quantitative estimate of drug-likeness (QED) is 0.520. The molecule has 1 unspecified atom stereocenters. The van der Waals surface area contributed by atoms with Crippen LogP contribution in [0.2, 0.25) is 0 Å². The van der Waals surface area contributed by atoms with Crippen LogP contribution in [-0.4, -0.2) is 47.3 Å². The molecule has 3 aromatic rings. The third-order valence-electron chi connectivity index (χ3n) is 5.91. The van der Waals surface area contributed by atoms with Gasteiger partial charge in [-0.25, -0.2) is 22.8 Å². The van der Waals surface area contributed by atoms with Crippen LogP contribution in [0, 0.1) is 11.7 Å². The molecule has 1 atom stereocenters. The number of carbonyl (C=O) groups excluding carboxylic acids is 1. The van der Waals surface area contributed by atoms with E-state index in [1.807, 2.05) is 0 Å². The van der Waals surface area contributed by atoms with Crippen molar-refractivity contribution in [2.45, 2.75) is 49.3 Å². The topological polar surface area (TPSA) is 120 Å². The van der Waals surface area contributed by atoms with E-state index in [1.54, 1.807) is 13.8 Å². The molecule has 1 aliphatic heterocycles. The van der Waals surface area contributed by atoms with Gasteiger partial charge in [-0.1, -0.05) is 0 Å². The van der Waals surface area contributed by atoms with E-state index in [-0.39, 0.29) is 26.8 Å². The number of halogens is 1. The largest absolute Gasteiger partial charge is 0.381 e. The van der Waals surface area contributed by atoms with Gasteiger partial charge in [0.05, 0.1) is 17.8 Å². The number of ether oxygens (including phenoxy) is 1. The molecule has 0 aromatic carbocycles. The Labute approximate surface area is 199 Å². The van der Waals surface area contributed by atoms with Crippen molar-refractivity contribution in [2.24, 2.45) is 5.92 Å². The summed E-state index contributed by atoms with van der Waals surface area (Å²) >= 11 is 0.999. The number of aromatic nitrogens is 3. The Morgan fingerprint density at radius 3 is 2.68 bits per heavy atom. The summed E-state index contributed by atoms with van der Waals surface area (Å²) < 4.78 is 45.4. The number of anilines is 1. The smallest absolute Gasteiger partial charge is 0.272 e. The van der Waals surface area contributed by atoms with Crippen molar-refractivity contribution in [1.82, 2.24) is 14.5 Å². The molecule has 34 heavy (non-hydrogen) atoms. The van der Waals surface area contributed by atoms with Crippen molar-refractivity contribution >= 4 is 43.1 Å². The molecule has 3 aromatic heterocycles. The van der Waals surface area contributed by atoms with E-state index < -0.39 is 38.4 Å². The van der Waals surface area contributed by atoms with Crippen LogP contribution in [-0.2, 0) is 19.4 Å². The summed E-state index contributed by atoms with van der Waals surface area (Å²) in [5, 5.41) is 3.41. The van der Waals surface area contributed by atoms with Crippen LogP contribution in [0.3, 0.4) is 0 Å². The van der Waals surface area contributed by atoms with Gasteiger partial charge < -0.3 is 10.1 Å². The normalized spacial score (nSPS) is 16.1. The molecule has 1 aliphatic rings. The highest BCUT2D eigenvalue weighted by Gasteiger charge is 2.30. The fourth-order valence-corrected chi connectivity index (χ4v) is 6.38. The van der Waals surface area contributed by atoms with Gasteiger partial charge in [0, 0.05) is 18.6 Å². The number of amides is 1. The predicted octanol–water partition coefficient (Wildman–Crippen LogP) is 3.17. The van der Waals surface area contributed by atoms with Gasteiger partial charge >= 0.3 is 0 Å². The Morgan fingerprint density at radius 2 is 2.03 bits per heavy atom. The maximum atomic E-state index is 13.4. The molecule has 0 aliphatic carbocycles. The third kappa shape index (κ3) is 4.89. The van der Waals surface area contributed by atoms with Crippen LogP contribution in [0.1, 0.15) is 39.2 Å². The van der Waals surface area contributed by atoms with Gasteiger partial charge in [-0.3, -0.25) is 14.2 Å². The average molecular weight is 509 g/mol. The molecule has 4 heterocycles. The number of fused-ring (bicyclic) bond motifs is 1. The van der Waals surface area contributed by atoms with Gasteiger partial charge in [0.25, 0.3) is 5.56 Å². The molecule has 1 amide bonds. The number of hydrogen-bond donors (Lipinski definition) is 1. The Bertz CT molecular complexity index is 1350. The van der Waals surface area contributed by atoms with Gasteiger partial charge in [-0.2, -0.15) is 0 Å². The van der Waals surface area contributed by atoms with E-state index in [1.165, 1.54) is 28.4 Å². The van der Waals surface area contributed by atoms with E-state index in [2.05, 4.69) is 15.3 Å².